The van der Waals surface area contributed by atoms with Crippen LogP contribution in [0.1, 0.15) is 31.9 Å². The van der Waals surface area contributed by atoms with E-state index in [0.717, 1.165) is 11.3 Å². The fourth-order valence-corrected chi connectivity index (χ4v) is 2.22. The second kappa shape index (κ2) is 5.62. The quantitative estimate of drug-likeness (QED) is 0.882. The van der Waals surface area contributed by atoms with Crippen LogP contribution in [0.15, 0.2) is 42.7 Å². The molecule has 3 heteroatoms. The van der Waals surface area contributed by atoms with Gasteiger partial charge in [0.1, 0.15) is 0 Å². The highest BCUT2D eigenvalue weighted by Gasteiger charge is 2.17. The van der Waals surface area contributed by atoms with Gasteiger partial charge < -0.3 is 5.32 Å². The Kier molecular flexibility index (Phi) is 4.11. The highest BCUT2D eigenvalue weighted by molar-refractivity contribution is 6.31. The van der Waals surface area contributed by atoms with Crippen molar-refractivity contribution in [1.29, 1.82) is 0 Å². The Balaban J connectivity index is 2.19. The molecule has 1 heterocycles. The lowest BCUT2D eigenvalue weighted by molar-refractivity contribution is 0.591. The van der Waals surface area contributed by atoms with Crippen molar-refractivity contribution in [1.82, 2.24) is 4.98 Å². The standard InChI is InChI=1S/C16H19ClN2/c1-16(2,3)13-6-4-5-7-15(13)19-10-12-8-9-18-11-14(12)17/h4-9,11,19H,10H2,1-3H3. The van der Waals surface area contributed by atoms with E-state index in [1.807, 2.05) is 12.1 Å². The minimum Gasteiger partial charge on any atom is -0.381 e. The Morgan fingerprint density at radius 3 is 2.58 bits per heavy atom. The number of nitrogens with zero attached hydrogens (tertiary/aromatic N) is 1. The molecular formula is C16H19ClN2. The minimum absolute atomic E-state index is 0.117. The highest BCUT2D eigenvalue weighted by atomic mass is 35.5. The second-order valence-electron chi connectivity index (χ2n) is 5.62. The van der Waals surface area contributed by atoms with Gasteiger partial charge >= 0.3 is 0 Å². The molecule has 0 aliphatic rings. The molecule has 0 saturated heterocycles. The van der Waals surface area contributed by atoms with Crippen molar-refractivity contribution in [3.05, 3.63) is 58.9 Å². The minimum atomic E-state index is 0.117. The summed E-state index contributed by atoms with van der Waals surface area (Å²) in [5.74, 6) is 0. The largest absolute Gasteiger partial charge is 0.381 e. The lowest BCUT2D eigenvalue weighted by Crippen LogP contribution is -2.14. The molecule has 1 aromatic carbocycles. The first-order valence-electron chi connectivity index (χ1n) is 6.40. The van der Waals surface area contributed by atoms with E-state index in [9.17, 15) is 0 Å². The first-order valence-corrected chi connectivity index (χ1v) is 6.78. The Morgan fingerprint density at radius 2 is 1.89 bits per heavy atom. The summed E-state index contributed by atoms with van der Waals surface area (Å²) in [5.41, 5.74) is 3.63. The third kappa shape index (κ3) is 3.48. The zero-order valence-corrected chi connectivity index (χ0v) is 12.3. The van der Waals surface area contributed by atoms with Gasteiger partial charge in [0.15, 0.2) is 0 Å². The molecule has 0 bridgehead atoms. The number of rotatable bonds is 3. The fourth-order valence-electron chi connectivity index (χ4n) is 2.03. The average molecular weight is 275 g/mol. The van der Waals surface area contributed by atoms with E-state index < -0.39 is 0 Å². The summed E-state index contributed by atoms with van der Waals surface area (Å²) >= 11 is 6.12. The Hall–Kier alpha value is -1.54. The molecule has 19 heavy (non-hydrogen) atoms. The van der Waals surface area contributed by atoms with E-state index in [2.05, 4.69) is 49.3 Å². The van der Waals surface area contributed by atoms with Crippen molar-refractivity contribution < 1.29 is 0 Å². The number of para-hydroxylation sites is 1. The molecule has 0 radical (unpaired) electrons. The Morgan fingerprint density at radius 1 is 1.16 bits per heavy atom. The molecule has 0 fully saturated rings. The van der Waals surface area contributed by atoms with Crippen molar-refractivity contribution in [2.24, 2.45) is 0 Å². The molecule has 0 atom stereocenters. The van der Waals surface area contributed by atoms with Gasteiger partial charge in [-0.05, 0) is 28.7 Å². The maximum absolute atomic E-state index is 6.12. The molecule has 0 unspecified atom stereocenters. The van der Waals surface area contributed by atoms with Crippen LogP contribution in [-0.4, -0.2) is 4.98 Å². The van der Waals surface area contributed by atoms with Crippen molar-refractivity contribution >= 4 is 17.3 Å². The van der Waals surface area contributed by atoms with Crippen LogP contribution in [0.2, 0.25) is 5.02 Å². The topological polar surface area (TPSA) is 24.9 Å². The molecule has 0 aliphatic heterocycles. The number of nitrogens with one attached hydrogen (secondary N) is 1. The number of hydrogen-bond acceptors (Lipinski definition) is 2. The molecule has 2 rings (SSSR count). The zero-order chi connectivity index (χ0) is 13.9. The third-order valence-electron chi connectivity index (χ3n) is 3.06. The van der Waals surface area contributed by atoms with Gasteiger partial charge in [-0.25, -0.2) is 0 Å². The van der Waals surface area contributed by atoms with Gasteiger partial charge in [-0.15, -0.1) is 0 Å². The van der Waals surface area contributed by atoms with Gasteiger partial charge in [0, 0.05) is 24.6 Å². The van der Waals surface area contributed by atoms with Gasteiger partial charge in [-0.2, -0.15) is 0 Å². The van der Waals surface area contributed by atoms with Crippen LogP contribution in [0.3, 0.4) is 0 Å². The molecular weight excluding hydrogens is 256 g/mol. The van der Waals surface area contributed by atoms with Crippen LogP contribution in [0.5, 0.6) is 0 Å². The summed E-state index contributed by atoms with van der Waals surface area (Å²) < 4.78 is 0. The van der Waals surface area contributed by atoms with Crippen molar-refractivity contribution in [2.45, 2.75) is 32.7 Å². The first kappa shape index (κ1) is 13.9. The van der Waals surface area contributed by atoms with E-state index in [1.165, 1.54) is 5.56 Å². The number of benzene rings is 1. The Bertz CT molecular complexity index is 559. The summed E-state index contributed by atoms with van der Waals surface area (Å²) in [7, 11) is 0. The summed E-state index contributed by atoms with van der Waals surface area (Å²) in [6, 6.07) is 10.3. The molecule has 0 aliphatic carbocycles. The summed E-state index contributed by atoms with van der Waals surface area (Å²) in [5, 5.41) is 4.16. The summed E-state index contributed by atoms with van der Waals surface area (Å²) in [6.07, 6.45) is 3.44. The van der Waals surface area contributed by atoms with Crippen molar-refractivity contribution in [2.75, 3.05) is 5.32 Å². The highest BCUT2D eigenvalue weighted by Crippen LogP contribution is 2.29. The van der Waals surface area contributed by atoms with E-state index in [-0.39, 0.29) is 5.41 Å². The average Bonchev–Trinajstić information content (AvgIpc) is 2.37. The number of aromatic nitrogens is 1. The van der Waals surface area contributed by atoms with Crippen molar-refractivity contribution in [3.63, 3.8) is 0 Å². The van der Waals surface area contributed by atoms with Crippen LogP contribution < -0.4 is 5.32 Å². The molecule has 1 N–H and O–H groups in total. The van der Waals surface area contributed by atoms with Gasteiger partial charge in [0.05, 0.1) is 5.02 Å². The predicted molar refractivity (Wildman–Crippen MR) is 81.7 cm³/mol. The SMILES string of the molecule is CC(C)(C)c1ccccc1NCc1ccncc1Cl. The molecule has 0 saturated carbocycles. The first-order chi connectivity index (χ1) is 8.98. The van der Waals surface area contributed by atoms with Gasteiger partial charge in [0.25, 0.3) is 0 Å². The summed E-state index contributed by atoms with van der Waals surface area (Å²) in [6.45, 7) is 7.35. The van der Waals surface area contributed by atoms with E-state index >= 15 is 0 Å². The lowest BCUT2D eigenvalue weighted by atomic mass is 9.86. The van der Waals surface area contributed by atoms with E-state index in [0.29, 0.717) is 11.6 Å². The monoisotopic (exact) mass is 274 g/mol. The number of pyridine rings is 1. The van der Waals surface area contributed by atoms with Gasteiger partial charge in [-0.1, -0.05) is 50.6 Å². The van der Waals surface area contributed by atoms with Crippen LogP contribution >= 0.6 is 11.6 Å². The van der Waals surface area contributed by atoms with Gasteiger partial charge in [-0.3, -0.25) is 4.98 Å². The zero-order valence-electron chi connectivity index (χ0n) is 11.6. The lowest BCUT2D eigenvalue weighted by Gasteiger charge is -2.23. The normalized spacial score (nSPS) is 11.4. The molecule has 2 aromatic rings. The summed E-state index contributed by atoms with van der Waals surface area (Å²) in [4.78, 5) is 4.00. The fraction of sp³-hybridized carbons (Fsp3) is 0.312. The van der Waals surface area contributed by atoms with Gasteiger partial charge in [0.2, 0.25) is 0 Å². The van der Waals surface area contributed by atoms with Crippen molar-refractivity contribution in [3.8, 4) is 0 Å². The van der Waals surface area contributed by atoms with Crippen LogP contribution in [0.25, 0.3) is 0 Å². The smallest absolute Gasteiger partial charge is 0.0639 e. The maximum atomic E-state index is 6.12. The Labute approximate surface area is 119 Å². The maximum Gasteiger partial charge on any atom is 0.0639 e. The second-order valence-corrected chi connectivity index (χ2v) is 6.02. The van der Waals surface area contributed by atoms with E-state index in [4.69, 9.17) is 11.6 Å². The van der Waals surface area contributed by atoms with E-state index in [1.54, 1.807) is 12.4 Å². The molecule has 1 aromatic heterocycles. The van der Waals surface area contributed by atoms with Crippen LogP contribution in [0, 0.1) is 0 Å². The molecule has 100 valence electrons. The predicted octanol–water partition coefficient (Wildman–Crippen LogP) is 4.64. The number of halogens is 1. The van der Waals surface area contributed by atoms with Crippen LogP contribution in [-0.2, 0) is 12.0 Å². The molecule has 0 amide bonds. The number of anilines is 1. The molecule has 2 nitrogen and oxygen atoms in total. The number of hydrogen-bond donors (Lipinski definition) is 1. The van der Waals surface area contributed by atoms with Crippen LogP contribution in [0.4, 0.5) is 5.69 Å². The third-order valence-corrected chi connectivity index (χ3v) is 3.40. The molecule has 0 spiro atoms.